The number of benzene rings is 3. The summed E-state index contributed by atoms with van der Waals surface area (Å²) in [4.78, 5) is 20.8. The Morgan fingerprint density at radius 2 is 1.62 bits per heavy atom. The van der Waals surface area contributed by atoms with E-state index in [1.807, 2.05) is 24.3 Å². The molecule has 0 aliphatic heterocycles. The first kappa shape index (κ1) is 17.0. The lowest BCUT2D eigenvalue weighted by atomic mass is 10.1. The van der Waals surface area contributed by atoms with Gasteiger partial charge >= 0.3 is 5.69 Å². The van der Waals surface area contributed by atoms with Crippen molar-refractivity contribution < 1.29 is 9.85 Å². The van der Waals surface area contributed by atoms with Crippen molar-refractivity contribution in [1.82, 2.24) is 0 Å². The number of fused-ring (bicyclic) bond motifs is 1. The first-order valence-electron chi connectivity index (χ1n) is 7.51. The van der Waals surface area contributed by atoms with E-state index in [1.165, 1.54) is 13.0 Å². The van der Waals surface area contributed by atoms with Crippen LogP contribution < -0.4 is 5.73 Å². The molecular weight excluding hydrogens is 338 g/mol. The van der Waals surface area contributed by atoms with Crippen molar-refractivity contribution in [3.05, 3.63) is 74.3 Å². The van der Waals surface area contributed by atoms with Crippen molar-refractivity contribution in [2.24, 2.45) is 10.2 Å². The summed E-state index contributed by atoms with van der Waals surface area (Å²) in [5.41, 5.74) is 6.43. The van der Waals surface area contributed by atoms with E-state index in [9.17, 15) is 20.2 Å². The summed E-state index contributed by atoms with van der Waals surface area (Å²) >= 11 is 0. The monoisotopic (exact) mass is 351 g/mol. The minimum Gasteiger partial charge on any atom is -0.398 e. The molecule has 0 unspecified atom stereocenters. The zero-order valence-corrected chi connectivity index (χ0v) is 13.6. The van der Waals surface area contributed by atoms with E-state index in [1.54, 1.807) is 12.1 Å². The molecule has 0 amide bonds. The molecule has 0 radical (unpaired) electrons. The van der Waals surface area contributed by atoms with E-state index < -0.39 is 15.5 Å². The molecule has 0 fully saturated rings. The molecule has 2 N–H and O–H groups in total. The van der Waals surface area contributed by atoms with Gasteiger partial charge in [0.05, 0.1) is 21.6 Å². The highest BCUT2D eigenvalue weighted by atomic mass is 16.6. The maximum atomic E-state index is 11.3. The van der Waals surface area contributed by atoms with Gasteiger partial charge in [-0.25, -0.2) is 0 Å². The molecule has 9 heteroatoms. The molecule has 0 spiro atoms. The fourth-order valence-corrected chi connectivity index (χ4v) is 2.61. The quantitative estimate of drug-likeness (QED) is 0.306. The van der Waals surface area contributed by atoms with Crippen LogP contribution in [0.1, 0.15) is 5.56 Å². The fraction of sp³-hybridized carbons (Fsp3) is 0.0588. The third-order valence-electron chi connectivity index (χ3n) is 3.87. The number of anilines is 1. The van der Waals surface area contributed by atoms with Gasteiger partial charge in [-0.2, -0.15) is 0 Å². The predicted octanol–water partition coefficient (Wildman–Crippen LogP) is 4.96. The maximum Gasteiger partial charge on any atom is 0.303 e. The average Bonchev–Trinajstić information content (AvgIpc) is 2.61. The third-order valence-corrected chi connectivity index (χ3v) is 3.87. The van der Waals surface area contributed by atoms with Crippen LogP contribution in [-0.4, -0.2) is 9.85 Å². The summed E-state index contributed by atoms with van der Waals surface area (Å²) < 4.78 is 0. The van der Waals surface area contributed by atoms with Crippen molar-refractivity contribution in [2.45, 2.75) is 6.92 Å². The standard InChI is InChI=1S/C17H13N5O4/c1-10-8-11(21(23)24)9-16(22(25)26)17(10)20-19-15-7-6-14(18)12-4-2-3-5-13(12)15/h2-9H,18H2,1H3. The number of aryl methyl sites for hydroxylation is 1. The van der Waals surface area contributed by atoms with Crippen molar-refractivity contribution in [3.63, 3.8) is 0 Å². The minimum atomic E-state index is -0.713. The molecule has 0 atom stereocenters. The van der Waals surface area contributed by atoms with Gasteiger partial charge in [0.1, 0.15) is 0 Å². The second-order valence-corrected chi connectivity index (χ2v) is 5.56. The van der Waals surface area contributed by atoms with E-state index >= 15 is 0 Å². The lowest BCUT2D eigenvalue weighted by Crippen LogP contribution is -1.94. The Bertz CT molecular complexity index is 1080. The molecule has 130 valence electrons. The largest absolute Gasteiger partial charge is 0.398 e. The molecular formula is C17H13N5O4. The van der Waals surface area contributed by atoms with E-state index in [0.717, 1.165) is 16.8 Å². The summed E-state index contributed by atoms with van der Waals surface area (Å²) in [6.07, 6.45) is 0. The van der Waals surface area contributed by atoms with Crippen LogP contribution in [0.2, 0.25) is 0 Å². The normalized spacial score (nSPS) is 11.1. The van der Waals surface area contributed by atoms with Crippen LogP contribution >= 0.6 is 0 Å². The third kappa shape index (κ3) is 3.05. The second kappa shape index (κ2) is 6.55. The first-order chi connectivity index (χ1) is 12.4. The number of nitro groups is 2. The Morgan fingerprint density at radius 3 is 2.27 bits per heavy atom. The summed E-state index contributed by atoms with van der Waals surface area (Å²) in [5, 5.41) is 31.9. The minimum absolute atomic E-state index is 0.0264. The smallest absolute Gasteiger partial charge is 0.303 e. The van der Waals surface area contributed by atoms with Crippen molar-refractivity contribution in [1.29, 1.82) is 0 Å². The van der Waals surface area contributed by atoms with Crippen LogP contribution in [0.3, 0.4) is 0 Å². The van der Waals surface area contributed by atoms with Crippen molar-refractivity contribution in [2.75, 3.05) is 5.73 Å². The molecule has 0 saturated heterocycles. The molecule has 0 aromatic heterocycles. The molecule has 0 saturated carbocycles. The van der Waals surface area contributed by atoms with Crippen molar-refractivity contribution in [3.8, 4) is 0 Å². The van der Waals surface area contributed by atoms with E-state index in [2.05, 4.69) is 10.2 Å². The van der Waals surface area contributed by atoms with Gasteiger partial charge in [-0.3, -0.25) is 20.2 Å². The molecule has 0 heterocycles. The van der Waals surface area contributed by atoms with Gasteiger partial charge in [-0.15, -0.1) is 10.2 Å². The predicted molar refractivity (Wildman–Crippen MR) is 97.0 cm³/mol. The van der Waals surface area contributed by atoms with Crippen LogP contribution in [0.15, 0.2) is 58.8 Å². The Labute approximate surface area is 147 Å². The molecule has 26 heavy (non-hydrogen) atoms. The molecule has 0 bridgehead atoms. The molecule has 3 rings (SSSR count). The number of nitrogen functional groups attached to an aromatic ring is 1. The number of azo groups is 1. The van der Waals surface area contributed by atoms with Crippen molar-refractivity contribution >= 4 is 39.2 Å². The van der Waals surface area contributed by atoms with Crippen LogP contribution in [0.4, 0.5) is 28.4 Å². The zero-order valence-electron chi connectivity index (χ0n) is 13.6. The van der Waals surface area contributed by atoms with Crippen LogP contribution in [0.5, 0.6) is 0 Å². The number of nitro benzene ring substituents is 2. The Hall–Kier alpha value is -3.88. The number of nitrogens with two attached hydrogens (primary N) is 1. The highest BCUT2D eigenvalue weighted by Gasteiger charge is 2.22. The molecule has 0 aliphatic carbocycles. The molecule has 3 aromatic carbocycles. The topological polar surface area (TPSA) is 137 Å². The van der Waals surface area contributed by atoms with Gasteiger partial charge in [0.2, 0.25) is 0 Å². The van der Waals surface area contributed by atoms with E-state index in [4.69, 9.17) is 5.73 Å². The lowest BCUT2D eigenvalue weighted by Gasteiger charge is -2.05. The van der Waals surface area contributed by atoms with Gasteiger partial charge in [-0.1, -0.05) is 24.3 Å². The number of rotatable bonds is 4. The van der Waals surface area contributed by atoms with E-state index in [0.29, 0.717) is 11.4 Å². The Morgan fingerprint density at radius 1 is 0.923 bits per heavy atom. The Kier molecular flexibility index (Phi) is 4.27. The first-order valence-corrected chi connectivity index (χ1v) is 7.51. The maximum absolute atomic E-state index is 11.3. The van der Waals surface area contributed by atoms with Gasteiger partial charge < -0.3 is 5.73 Å². The fourth-order valence-electron chi connectivity index (χ4n) is 2.61. The summed E-state index contributed by atoms with van der Waals surface area (Å²) in [5.74, 6) is 0. The highest BCUT2D eigenvalue weighted by Crippen LogP contribution is 2.37. The van der Waals surface area contributed by atoms with Gasteiger partial charge in [0.25, 0.3) is 5.69 Å². The lowest BCUT2D eigenvalue weighted by molar-refractivity contribution is -0.393. The molecule has 3 aromatic rings. The van der Waals surface area contributed by atoms with Crippen LogP contribution in [0, 0.1) is 27.2 Å². The summed E-state index contributed by atoms with van der Waals surface area (Å²) in [6.45, 7) is 1.51. The Balaban J connectivity index is 2.14. The summed E-state index contributed by atoms with van der Waals surface area (Å²) in [7, 11) is 0. The highest BCUT2D eigenvalue weighted by molar-refractivity contribution is 6.00. The van der Waals surface area contributed by atoms with Gasteiger partial charge in [-0.05, 0) is 24.6 Å². The second-order valence-electron chi connectivity index (χ2n) is 5.56. The zero-order chi connectivity index (χ0) is 18.8. The van der Waals surface area contributed by atoms with Crippen LogP contribution in [-0.2, 0) is 0 Å². The van der Waals surface area contributed by atoms with E-state index in [-0.39, 0.29) is 16.9 Å². The molecule has 9 nitrogen and oxygen atoms in total. The van der Waals surface area contributed by atoms with Gasteiger partial charge in [0.15, 0.2) is 5.69 Å². The van der Waals surface area contributed by atoms with Crippen LogP contribution in [0.25, 0.3) is 10.8 Å². The number of non-ortho nitro benzene ring substituents is 1. The van der Waals surface area contributed by atoms with Gasteiger partial charge in [0, 0.05) is 22.5 Å². The SMILES string of the molecule is Cc1cc([N+](=O)[O-])cc([N+](=O)[O-])c1N=Nc1ccc(N)c2ccccc12. The number of hydrogen-bond acceptors (Lipinski definition) is 7. The number of nitrogens with zero attached hydrogens (tertiary/aromatic N) is 4. The number of hydrogen-bond donors (Lipinski definition) is 1. The average molecular weight is 351 g/mol. The molecule has 0 aliphatic rings. The summed E-state index contributed by atoms with van der Waals surface area (Å²) in [6, 6.07) is 12.7.